The van der Waals surface area contributed by atoms with Crippen LogP contribution in [0.4, 0.5) is 0 Å². The average molecular weight is 483 g/mol. The number of β-amino-alcohol motifs (C(OH)–C–C–N with tert-alkyl or cyclic N) is 1. The molecule has 0 unspecified atom stereocenters. The van der Waals surface area contributed by atoms with Crippen molar-refractivity contribution in [1.29, 1.82) is 0 Å². The van der Waals surface area contributed by atoms with Gasteiger partial charge in [-0.2, -0.15) is 0 Å². The number of pyridine rings is 1. The van der Waals surface area contributed by atoms with Crippen molar-refractivity contribution in [2.24, 2.45) is 5.92 Å². The number of aliphatic hydroxyl groups is 1. The van der Waals surface area contributed by atoms with Crippen LogP contribution in [0.5, 0.6) is 0 Å². The highest BCUT2D eigenvalue weighted by Gasteiger charge is 2.26. The number of aromatic nitrogens is 3. The van der Waals surface area contributed by atoms with Crippen molar-refractivity contribution < 1.29 is 5.11 Å². The molecule has 6 rings (SSSR count). The van der Waals surface area contributed by atoms with Gasteiger partial charge < -0.3 is 5.11 Å². The van der Waals surface area contributed by atoms with Gasteiger partial charge in [-0.3, -0.25) is 23.8 Å². The van der Waals surface area contributed by atoms with E-state index in [0.29, 0.717) is 29.9 Å². The summed E-state index contributed by atoms with van der Waals surface area (Å²) in [5, 5.41) is 11.4. The highest BCUT2D eigenvalue weighted by Crippen LogP contribution is 2.31. The van der Waals surface area contributed by atoms with Crippen LogP contribution in [-0.2, 0) is 26.1 Å². The van der Waals surface area contributed by atoms with Crippen LogP contribution in [0.1, 0.15) is 24.0 Å². The molecule has 36 heavy (non-hydrogen) atoms. The molecule has 2 aromatic carbocycles. The molecule has 2 aromatic heterocycles. The fraction of sp³-hybridized carbons (Fsp3) is 0.345. The lowest BCUT2D eigenvalue weighted by atomic mass is 10.00. The van der Waals surface area contributed by atoms with Crippen LogP contribution in [0.25, 0.3) is 22.0 Å². The molecule has 1 N–H and O–H groups in total. The van der Waals surface area contributed by atoms with Gasteiger partial charge in [0.2, 0.25) is 0 Å². The van der Waals surface area contributed by atoms with Gasteiger partial charge in [-0.15, -0.1) is 0 Å². The van der Waals surface area contributed by atoms with Gasteiger partial charge in [0.15, 0.2) is 0 Å². The molecule has 7 nitrogen and oxygen atoms in total. The maximum Gasteiger partial charge on any atom is 0.331 e. The van der Waals surface area contributed by atoms with Crippen LogP contribution in [0.3, 0.4) is 0 Å². The summed E-state index contributed by atoms with van der Waals surface area (Å²) in [5.41, 5.74) is 4.44. The quantitative estimate of drug-likeness (QED) is 0.438. The zero-order valence-electron chi connectivity index (χ0n) is 20.2. The molecule has 1 aliphatic carbocycles. The van der Waals surface area contributed by atoms with E-state index < -0.39 is 6.10 Å². The Balaban J connectivity index is 1.31. The van der Waals surface area contributed by atoms with Gasteiger partial charge in [0.05, 0.1) is 23.6 Å². The molecular weight excluding hydrogens is 452 g/mol. The minimum atomic E-state index is -0.817. The van der Waals surface area contributed by atoms with Gasteiger partial charge in [0.1, 0.15) is 0 Å². The molecule has 0 saturated heterocycles. The Bertz CT molecular complexity index is 1520. The first-order valence-electron chi connectivity index (χ1n) is 12.7. The van der Waals surface area contributed by atoms with Crippen LogP contribution in [0, 0.1) is 5.92 Å². The maximum atomic E-state index is 13.6. The fourth-order valence-electron chi connectivity index (χ4n) is 5.30. The third-order valence-electron chi connectivity index (χ3n) is 7.43. The standard InChI is InChI=1S/C29H30N4O3/c34-25(18-31-13-11-21-4-1-2-5-24(21)17-31)19-33-28(35)26-10-9-22(23-6-3-12-30-15-23)14-27(26)32(29(33)36)16-20-7-8-20/h1-6,9-10,12,14-15,20,25,34H,7-8,11,13,16-19H2/t25-/m1/s1. The van der Waals surface area contributed by atoms with Gasteiger partial charge in [0, 0.05) is 44.1 Å². The summed E-state index contributed by atoms with van der Waals surface area (Å²) < 4.78 is 2.97. The number of hydrogen-bond acceptors (Lipinski definition) is 5. The Morgan fingerprint density at radius 3 is 2.56 bits per heavy atom. The molecule has 0 amide bonds. The summed E-state index contributed by atoms with van der Waals surface area (Å²) in [5.74, 6) is 0.456. The van der Waals surface area contributed by atoms with E-state index in [2.05, 4.69) is 28.1 Å². The molecule has 184 valence electrons. The summed E-state index contributed by atoms with van der Waals surface area (Å²) >= 11 is 0. The van der Waals surface area contributed by atoms with E-state index in [-0.39, 0.29) is 17.8 Å². The second-order valence-electron chi connectivity index (χ2n) is 10.1. The Morgan fingerprint density at radius 1 is 0.944 bits per heavy atom. The normalized spacial score (nSPS) is 16.7. The van der Waals surface area contributed by atoms with Crippen molar-refractivity contribution in [3.8, 4) is 11.1 Å². The first kappa shape index (κ1) is 22.9. The largest absolute Gasteiger partial charge is 0.390 e. The minimum absolute atomic E-state index is 0.0131. The van der Waals surface area contributed by atoms with E-state index in [1.54, 1.807) is 23.0 Å². The van der Waals surface area contributed by atoms with Crippen LogP contribution >= 0.6 is 0 Å². The third-order valence-corrected chi connectivity index (χ3v) is 7.43. The summed E-state index contributed by atoms with van der Waals surface area (Å²) in [6.45, 7) is 2.61. The molecule has 2 aliphatic rings. The maximum absolute atomic E-state index is 13.6. The Hall–Kier alpha value is -3.55. The Kier molecular flexibility index (Phi) is 6.03. The van der Waals surface area contributed by atoms with Crippen LogP contribution < -0.4 is 11.2 Å². The molecule has 3 heterocycles. The summed E-state index contributed by atoms with van der Waals surface area (Å²) in [7, 11) is 0. The lowest BCUT2D eigenvalue weighted by Gasteiger charge is -2.30. The summed E-state index contributed by atoms with van der Waals surface area (Å²) in [6.07, 6.45) is 5.80. The lowest BCUT2D eigenvalue weighted by Crippen LogP contribution is -2.45. The number of benzene rings is 2. The Labute approximate surface area is 209 Å². The molecular formula is C29H30N4O3. The smallest absolute Gasteiger partial charge is 0.331 e. The summed E-state index contributed by atoms with van der Waals surface area (Å²) in [6, 6.07) is 17.8. The van der Waals surface area contributed by atoms with Gasteiger partial charge in [-0.1, -0.05) is 36.4 Å². The van der Waals surface area contributed by atoms with Crippen LogP contribution in [0.15, 0.2) is 76.6 Å². The molecule has 7 heteroatoms. The van der Waals surface area contributed by atoms with Crippen LogP contribution in [0.2, 0.25) is 0 Å². The predicted octanol–water partition coefficient (Wildman–Crippen LogP) is 3.05. The van der Waals surface area contributed by atoms with E-state index in [4.69, 9.17) is 0 Å². The Morgan fingerprint density at radius 2 is 1.78 bits per heavy atom. The van der Waals surface area contributed by atoms with Crippen molar-refractivity contribution in [3.63, 3.8) is 0 Å². The molecule has 0 radical (unpaired) electrons. The van der Waals surface area contributed by atoms with E-state index in [9.17, 15) is 14.7 Å². The number of hydrogen-bond donors (Lipinski definition) is 1. The van der Waals surface area contributed by atoms with Crippen molar-refractivity contribution in [2.75, 3.05) is 13.1 Å². The topological polar surface area (TPSA) is 80.4 Å². The highest BCUT2D eigenvalue weighted by atomic mass is 16.3. The van der Waals surface area contributed by atoms with E-state index in [1.165, 1.54) is 15.7 Å². The number of nitrogens with zero attached hydrogens (tertiary/aromatic N) is 4. The van der Waals surface area contributed by atoms with Gasteiger partial charge in [-0.05, 0) is 60.1 Å². The first-order valence-corrected chi connectivity index (χ1v) is 12.7. The molecule has 1 fully saturated rings. The zero-order chi connectivity index (χ0) is 24.6. The number of fused-ring (bicyclic) bond motifs is 2. The second kappa shape index (κ2) is 9.48. The summed E-state index contributed by atoms with van der Waals surface area (Å²) in [4.78, 5) is 33.4. The monoisotopic (exact) mass is 482 g/mol. The molecule has 0 bridgehead atoms. The van der Waals surface area contributed by atoms with Gasteiger partial charge in [0.25, 0.3) is 5.56 Å². The molecule has 1 atom stereocenters. The van der Waals surface area contributed by atoms with Crippen LogP contribution in [-0.4, -0.2) is 43.3 Å². The fourth-order valence-corrected chi connectivity index (χ4v) is 5.30. The average Bonchev–Trinajstić information content (AvgIpc) is 3.73. The van der Waals surface area contributed by atoms with Crippen molar-refractivity contribution in [2.45, 2.75) is 45.0 Å². The van der Waals surface area contributed by atoms with Crippen molar-refractivity contribution >= 4 is 10.9 Å². The van der Waals surface area contributed by atoms with E-state index in [1.807, 2.05) is 30.3 Å². The minimum Gasteiger partial charge on any atom is -0.390 e. The van der Waals surface area contributed by atoms with E-state index in [0.717, 1.165) is 43.5 Å². The molecule has 1 saturated carbocycles. The second-order valence-corrected chi connectivity index (χ2v) is 10.1. The van der Waals surface area contributed by atoms with Gasteiger partial charge >= 0.3 is 5.69 Å². The lowest BCUT2D eigenvalue weighted by molar-refractivity contribution is 0.0896. The molecule has 4 aromatic rings. The van der Waals surface area contributed by atoms with Gasteiger partial charge in [-0.25, -0.2) is 4.79 Å². The SMILES string of the molecule is O=c1c2ccc(-c3cccnc3)cc2n(CC2CC2)c(=O)n1C[C@H](O)CN1CCc2ccccc2C1. The highest BCUT2D eigenvalue weighted by molar-refractivity contribution is 5.83. The predicted molar refractivity (Wildman–Crippen MR) is 140 cm³/mol. The molecule has 1 aliphatic heterocycles. The zero-order valence-corrected chi connectivity index (χ0v) is 20.2. The third kappa shape index (κ3) is 4.52. The first-order chi connectivity index (χ1) is 17.6. The molecule has 0 spiro atoms. The van der Waals surface area contributed by atoms with Crippen molar-refractivity contribution in [3.05, 3.63) is 99.0 Å². The van der Waals surface area contributed by atoms with Crippen molar-refractivity contribution in [1.82, 2.24) is 19.0 Å². The van der Waals surface area contributed by atoms with E-state index >= 15 is 0 Å². The number of rotatable bonds is 7. The number of aliphatic hydroxyl groups excluding tert-OH is 1.